The molecule has 14 nitrogen and oxygen atoms in total. The van der Waals surface area contributed by atoms with Crippen LogP contribution >= 0.6 is 0 Å². The summed E-state index contributed by atoms with van der Waals surface area (Å²) in [6, 6.07) is 0. The summed E-state index contributed by atoms with van der Waals surface area (Å²) in [6.45, 7) is 0. The molecule has 0 aliphatic rings. The third kappa shape index (κ3) is 6.33. The lowest BCUT2D eigenvalue weighted by Crippen LogP contribution is -2.52. The van der Waals surface area contributed by atoms with E-state index in [1.54, 1.807) is 0 Å². The predicted octanol–water partition coefficient (Wildman–Crippen LogP) is -1.52. The normalized spacial score (nSPS) is 11.5. The van der Waals surface area contributed by atoms with Crippen LogP contribution in [0.25, 0.3) is 0 Å². The highest BCUT2D eigenvalue weighted by atomic mass is 17.2. The smallest absolute Gasteiger partial charge is 0.340 e. The fourth-order valence-corrected chi connectivity index (χ4v) is 1.75. The maximum atomic E-state index is 11.3. The van der Waals surface area contributed by atoms with Crippen molar-refractivity contribution in [2.24, 2.45) is 0 Å². The molecular formula is C12H14O14. The molecule has 0 aromatic rings. The van der Waals surface area contributed by atoms with E-state index >= 15 is 0 Å². The van der Waals surface area contributed by atoms with Crippen LogP contribution in [0.3, 0.4) is 0 Å². The molecular weight excluding hydrogens is 368 g/mol. The number of hydrogen-bond acceptors (Lipinski definition) is 8. The summed E-state index contributed by atoms with van der Waals surface area (Å²) in [5.41, 5.74) is -6.29. The van der Waals surface area contributed by atoms with Crippen LogP contribution in [0.15, 0.2) is 0 Å². The molecule has 0 aromatic carbocycles. The van der Waals surface area contributed by atoms with Crippen molar-refractivity contribution < 1.29 is 69.2 Å². The van der Waals surface area contributed by atoms with Gasteiger partial charge < -0.3 is 30.6 Å². The van der Waals surface area contributed by atoms with Gasteiger partial charge in [-0.1, -0.05) is 0 Å². The molecule has 0 unspecified atom stereocenters. The van der Waals surface area contributed by atoms with Crippen LogP contribution in [0.5, 0.6) is 0 Å². The molecule has 0 spiro atoms. The van der Waals surface area contributed by atoms with E-state index in [9.17, 15) is 28.8 Å². The van der Waals surface area contributed by atoms with E-state index < -0.39 is 72.7 Å². The first kappa shape index (κ1) is 22.7. The van der Waals surface area contributed by atoms with Gasteiger partial charge in [0.05, 0.1) is 25.7 Å². The molecule has 0 rings (SSSR count). The molecule has 0 fully saturated rings. The Balaban J connectivity index is 5.95. The highest BCUT2D eigenvalue weighted by molar-refractivity contribution is 5.89. The van der Waals surface area contributed by atoms with Crippen LogP contribution in [0.4, 0.5) is 0 Å². The van der Waals surface area contributed by atoms with Crippen LogP contribution in [0.1, 0.15) is 25.7 Å². The lowest BCUT2D eigenvalue weighted by molar-refractivity contribution is -0.399. The van der Waals surface area contributed by atoms with Gasteiger partial charge in [0.15, 0.2) is 0 Å². The van der Waals surface area contributed by atoms with E-state index in [1.165, 1.54) is 0 Å². The van der Waals surface area contributed by atoms with Crippen molar-refractivity contribution in [2.45, 2.75) is 36.9 Å². The fraction of sp³-hybridized carbons (Fsp3) is 0.500. The van der Waals surface area contributed by atoms with Gasteiger partial charge in [-0.15, -0.1) is 0 Å². The van der Waals surface area contributed by atoms with E-state index in [-0.39, 0.29) is 0 Å². The zero-order valence-electron chi connectivity index (χ0n) is 12.8. The molecule has 0 bridgehead atoms. The van der Waals surface area contributed by atoms with Gasteiger partial charge in [-0.3, -0.25) is 19.2 Å². The molecule has 0 saturated carbocycles. The van der Waals surface area contributed by atoms with Crippen molar-refractivity contribution in [3.63, 3.8) is 0 Å². The summed E-state index contributed by atoms with van der Waals surface area (Å²) in [5.74, 6) is -11.8. The molecule has 0 radical (unpaired) electrons. The summed E-state index contributed by atoms with van der Waals surface area (Å²) in [7, 11) is 0. The van der Waals surface area contributed by atoms with Crippen LogP contribution in [-0.4, -0.2) is 77.7 Å². The van der Waals surface area contributed by atoms with Gasteiger partial charge in [0, 0.05) is 0 Å². The monoisotopic (exact) mass is 382 g/mol. The SMILES string of the molecule is O=C(O)CC(CC(=O)O)(OOC(CC(=O)O)(CC(=O)O)C(=O)O)C(=O)O. The van der Waals surface area contributed by atoms with Gasteiger partial charge in [0.25, 0.3) is 0 Å². The number of carbonyl (C=O) groups is 6. The number of carboxylic acid groups (broad SMARTS) is 6. The number of hydrogen-bond donors (Lipinski definition) is 6. The van der Waals surface area contributed by atoms with Gasteiger partial charge in [0.2, 0.25) is 11.2 Å². The first-order valence-corrected chi connectivity index (χ1v) is 6.47. The summed E-state index contributed by atoms with van der Waals surface area (Å²) in [4.78, 5) is 74.4. The minimum Gasteiger partial charge on any atom is -0.481 e. The standard InChI is InChI=1S/C12H14O14/c13-5(14)1-11(9(21)22,2-6(15)16)25-26-12(10(23)24,3-7(17)18)4-8(19)20/h1-4H2,(H,13,14)(H,15,16)(H,17,18)(H,19,20)(H,21,22)(H,23,24). The second-order valence-corrected chi connectivity index (χ2v) is 5.05. The first-order valence-electron chi connectivity index (χ1n) is 6.47. The minimum absolute atomic E-state index is 1.51. The zero-order valence-corrected chi connectivity index (χ0v) is 12.8. The Bertz CT molecular complexity index is 533. The second kappa shape index (κ2) is 8.72. The quantitative estimate of drug-likeness (QED) is 0.156. The molecule has 0 aromatic heterocycles. The van der Waals surface area contributed by atoms with Gasteiger partial charge in [-0.05, 0) is 0 Å². The van der Waals surface area contributed by atoms with Gasteiger partial charge in [-0.2, -0.15) is 0 Å². The molecule has 0 atom stereocenters. The van der Waals surface area contributed by atoms with E-state index in [0.29, 0.717) is 0 Å². The summed E-state index contributed by atoms with van der Waals surface area (Å²) in [6.07, 6.45) is -6.04. The number of rotatable bonds is 13. The summed E-state index contributed by atoms with van der Waals surface area (Å²) in [5, 5.41) is 53.2. The largest absolute Gasteiger partial charge is 0.481 e. The molecule has 26 heavy (non-hydrogen) atoms. The van der Waals surface area contributed by atoms with Crippen LogP contribution in [0.2, 0.25) is 0 Å². The first-order chi connectivity index (χ1) is 11.8. The Labute approximate surface area is 143 Å². The zero-order chi connectivity index (χ0) is 20.7. The molecule has 146 valence electrons. The summed E-state index contributed by atoms with van der Waals surface area (Å²) < 4.78 is 0. The van der Waals surface area contributed by atoms with Crippen molar-refractivity contribution in [1.82, 2.24) is 0 Å². The summed E-state index contributed by atoms with van der Waals surface area (Å²) >= 11 is 0. The van der Waals surface area contributed by atoms with Gasteiger partial charge in [0.1, 0.15) is 0 Å². The molecule has 0 aliphatic heterocycles. The van der Waals surface area contributed by atoms with E-state index in [2.05, 4.69) is 9.78 Å². The van der Waals surface area contributed by atoms with Gasteiger partial charge >= 0.3 is 35.8 Å². The third-order valence-corrected chi connectivity index (χ3v) is 2.89. The lowest BCUT2D eigenvalue weighted by Gasteiger charge is -2.31. The van der Waals surface area contributed by atoms with E-state index in [0.717, 1.165) is 0 Å². The van der Waals surface area contributed by atoms with Crippen molar-refractivity contribution >= 4 is 35.8 Å². The Morgan fingerprint density at radius 3 is 0.808 bits per heavy atom. The molecule has 0 aliphatic carbocycles. The predicted molar refractivity (Wildman–Crippen MR) is 71.9 cm³/mol. The van der Waals surface area contributed by atoms with E-state index in [1.807, 2.05) is 0 Å². The highest BCUT2D eigenvalue weighted by Crippen LogP contribution is 2.29. The van der Waals surface area contributed by atoms with Crippen molar-refractivity contribution in [2.75, 3.05) is 0 Å². The van der Waals surface area contributed by atoms with Crippen molar-refractivity contribution in [1.29, 1.82) is 0 Å². The molecule has 0 saturated heterocycles. The average Bonchev–Trinajstić information content (AvgIpc) is 2.41. The Morgan fingerprint density at radius 2 is 0.692 bits per heavy atom. The van der Waals surface area contributed by atoms with Crippen LogP contribution < -0.4 is 0 Å². The Kier molecular flexibility index (Phi) is 7.63. The fourth-order valence-electron chi connectivity index (χ4n) is 1.75. The van der Waals surface area contributed by atoms with E-state index in [4.69, 9.17) is 30.6 Å². The molecule has 14 heteroatoms. The van der Waals surface area contributed by atoms with Crippen molar-refractivity contribution in [3.8, 4) is 0 Å². The second-order valence-electron chi connectivity index (χ2n) is 5.05. The van der Waals surface area contributed by atoms with Crippen LogP contribution in [-0.2, 0) is 38.5 Å². The lowest BCUT2D eigenvalue weighted by atomic mass is 9.95. The average molecular weight is 382 g/mol. The minimum atomic E-state index is -3.14. The highest BCUT2D eigenvalue weighted by Gasteiger charge is 2.52. The molecule has 0 amide bonds. The number of aliphatic carboxylic acids is 6. The molecule has 6 N–H and O–H groups in total. The van der Waals surface area contributed by atoms with Gasteiger partial charge in [-0.25, -0.2) is 19.4 Å². The Hall–Kier alpha value is -3.26. The maximum absolute atomic E-state index is 11.3. The molecule has 0 heterocycles. The topological polar surface area (TPSA) is 242 Å². The maximum Gasteiger partial charge on any atom is 0.340 e. The Morgan fingerprint density at radius 1 is 0.500 bits per heavy atom. The van der Waals surface area contributed by atoms with Crippen molar-refractivity contribution in [3.05, 3.63) is 0 Å². The third-order valence-electron chi connectivity index (χ3n) is 2.89. The number of carboxylic acids is 6. The van der Waals surface area contributed by atoms with Crippen LogP contribution in [0, 0.1) is 0 Å².